The fraction of sp³-hybridized carbons (Fsp3) is 0.333. The molecule has 0 spiro atoms. The Morgan fingerprint density at radius 3 is 2.36 bits per heavy atom. The molecule has 0 bridgehead atoms. The molecular formula is C21H21F3N2O2. The van der Waals surface area contributed by atoms with E-state index in [1.807, 2.05) is 18.2 Å². The van der Waals surface area contributed by atoms with Gasteiger partial charge in [-0.25, -0.2) is 0 Å². The topological polar surface area (TPSA) is 58.2 Å². The standard InChI is InChI=1S/C21H21F3N2O2/c1-13(27)25-17-8-9-19(18(12-17)21(22,23)24)26-20(28)11-14-6-7-15-4-2-3-5-16(15)10-14/h6-10,12H,2-5,11H2,1H3,(H,25,27)(H,26,28). The highest BCUT2D eigenvalue weighted by molar-refractivity contribution is 5.94. The van der Waals surface area contributed by atoms with Crippen molar-refractivity contribution in [2.75, 3.05) is 10.6 Å². The molecule has 2 amide bonds. The number of alkyl halides is 3. The minimum absolute atomic E-state index is 0.00196. The van der Waals surface area contributed by atoms with Gasteiger partial charge in [0.25, 0.3) is 0 Å². The van der Waals surface area contributed by atoms with Crippen molar-refractivity contribution in [3.8, 4) is 0 Å². The first-order chi connectivity index (χ1) is 13.2. The third-order valence-corrected chi connectivity index (χ3v) is 4.70. The van der Waals surface area contributed by atoms with E-state index in [-0.39, 0.29) is 17.8 Å². The van der Waals surface area contributed by atoms with Crippen LogP contribution in [0.4, 0.5) is 24.5 Å². The van der Waals surface area contributed by atoms with Gasteiger partial charge in [-0.2, -0.15) is 13.2 Å². The summed E-state index contributed by atoms with van der Waals surface area (Å²) >= 11 is 0. The lowest BCUT2D eigenvalue weighted by Crippen LogP contribution is -2.19. The summed E-state index contributed by atoms with van der Waals surface area (Å²) in [7, 11) is 0. The maximum Gasteiger partial charge on any atom is 0.418 e. The predicted octanol–water partition coefficient (Wildman–Crippen LogP) is 4.72. The predicted molar refractivity (Wildman–Crippen MR) is 101 cm³/mol. The largest absolute Gasteiger partial charge is 0.418 e. The number of anilines is 2. The van der Waals surface area contributed by atoms with Crippen molar-refractivity contribution in [3.05, 3.63) is 58.7 Å². The van der Waals surface area contributed by atoms with E-state index < -0.39 is 23.6 Å². The number of rotatable bonds is 4. The van der Waals surface area contributed by atoms with E-state index in [0.717, 1.165) is 43.4 Å². The van der Waals surface area contributed by atoms with E-state index in [1.54, 1.807) is 0 Å². The lowest BCUT2D eigenvalue weighted by atomic mass is 9.90. The van der Waals surface area contributed by atoms with Crippen LogP contribution in [0.25, 0.3) is 0 Å². The van der Waals surface area contributed by atoms with Crippen LogP contribution in [0, 0.1) is 0 Å². The van der Waals surface area contributed by atoms with Gasteiger partial charge in [0.2, 0.25) is 11.8 Å². The molecule has 2 aromatic rings. The molecule has 148 valence electrons. The number of hydrogen-bond donors (Lipinski definition) is 2. The Morgan fingerprint density at radius 2 is 1.68 bits per heavy atom. The van der Waals surface area contributed by atoms with Crippen molar-refractivity contribution in [1.82, 2.24) is 0 Å². The molecule has 0 saturated heterocycles. The van der Waals surface area contributed by atoms with Gasteiger partial charge < -0.3 is 10.6 Å². The van der Waals surface area contributed by atoms with Crippen molar-refractivity contribution in [1.29, 1.82) is 0 Å². The van der Waals surface area contributed by atoms with Crippen LogP contribution in [0.2, 0.25) is 0 Å². The van der Waals surface area contributed by atoms with E-state index >= 15 is 0 Å². The maximum absolute atomic E-state index is 13.4. The Hall–Kier alpha value is -2.83. The Kier molecular flexibility index (Phi) is 5.72. The summed E-state index contributed by atoms with van der Waals surface area (Å²) in [6, 6.07) is 9.12. The average Bonchev–Trinajstić information content (AvgIpc) is 2.61. The maximum atomic E-state index is 13.4. The molecule has 0 radical (unpaired) electrons. The Labute approximate surface area is 161 Å². The van der Waals surface area contributed by atoms with Crippen molar-refractivity contribution in [2.24, 2.45) is 0 Å². The number of carbonyl (C=O) groups is 2. The highest BCUT2D eigenvalue weighted by atomic mass is 19.4. The zero-order valence-electron chi connectivity index (χ0n) is 15.5. The molecule has 2 N–H and O–H groups in total. The number of fused-ring (bicyclic) bond motifs is 1. The molecular weight excluding hydrogens is 369 g/mol. The third-order valence-electron chi connectivity index (χ3n) is 4.70. The Morgan fingerprint density at radius 1 is 0.964 bits per heavy atom. The summed E-state index contributed by atoms with van der Waals surface area (Å²) in [4.78, 5) is 23.4. The normalized spacial score (nSPS) is 13.6. The molecule has 0 heterocycles. The number of carbonyl (C=O) groups excluding carboxylic acids is 2. The molecule has 1 aliphatic rings. The molecule has 28 heavy (non-hydrogen) atoms. The van der Waals surface area contributed by atoms with Gasteiger partial charge in [0.15, 0.2) is 0 Å². The number of aryl methyl sites for hydroxylation is 2. The second-order valence-electron chi connectivity index (χ2n) is 6.97. The zero-order chi connectivity index (χ0) is 20.3. The highest BCUT2D eigenvalue weighted by Gasteiger charge is 2.34. The van der Waals surface area contributed by atoms with Gasteiger partial charge in [0.1, 0.15) is 0 Å². The van der Waals surface area contributed by atoms with Crippen LogP contribution in [-0.4, -0.2) is 11.8 Å². The lowest BCUT2D eigenvalue weighted by molar-refractivity contribution is -0.137. The van der Waals surface area contributed by atoms with Gasteiger partial charge in [-0.05, 0) is 60.6 Å². The van der Waals surface area contributed by atoms with Crippen LogP contribution in [0.5, 0.6) is 0 Å². The molecule has 7 heteroatoms. The number of benzene rings is 2. The van der Waals surface area contributed by atoms with Gasteiger partial charge in [-0.1, -0.05) is 18.2 Å². The number of nitrogens with one attached hydrogen (secondary N) is 2. The summed E-state index contributed by atoms with van der Waals surface area (Å²) < 4.78 is 40.1. The molecule has 0 aromatic heterocycles. The molecule has 3 rings (SSSR count). The van der Waals surface area contributed by atoms with Gasteiger partial charge >= 0.3 is 6.18 Å². The number of hydrogen-bond acceptors (Lipinski definition) is 2. The van der Waals surface area contributed by atoms with E-state index in [0.29, 0.717) is 0 Å². The molecule has 4 nitrogen and oxygen atoms in total. The molecule has 2 aromatic carbocycles. The smallest absolute Gasteiger partial charge is 0.326 e. The molecule has 0 saturated carbocycles. The van der Waals surface area contributed by atoms with E-state index in [4.69, 9.17) is 0 Å². The van der Waals surface area contributed by atoms with Crippen LogP contribution < -0.4 is 10.6 Å². The summed E-state index contributed by atoms with van der Waals surface area (Å²) in [5.74, 6) is -0.995. The van der Waals surface area contributed by atoms with Crippen molar-refractivity contribution < 1.29 is 22.8 Å². The second kappa shape index (κ2) is 8.04. The van der Waals surface area contributed by atoms with E-state index in [2.05, 4.69) is 10.6 Å². The molecule has 0 aliphatic heterocycles. The number of halogens is 3. The van der Waals surface area contributed by atoms with Crippen LogP contribution in [-0.2, 0) is 35.0 Å². The lowest BCUT2D eigenvalue weighted by Gasteiger charge is -2.17. The van der Waals surface area contributed by atoms with Crippen molar-refractivity contribution in [2.45, 2.75) is 45.2 Å². The minimum atomic E-state index is -4.66. The number of amides is 2. The zero-order valence-corrected chi connectivity index (χ0v) is 15.5. The van der Waals surface area contributed by atoms with Crippen molar-refractivity contribution >= 4 is 23.2 Å². The molecule has 0 fully saturated rings. The first-order valence-electron chi connectivity index (χ1n) is 9.12. The second-order valence-corrected chi connectivity index (χ2v) is 6.97. The molecule has 0 unspecified atom stereocenters. The highest BCUT2D eigenvalue weighted by Crippen LogP contribution is 2.36. The molecule has 1 aliphatic carbocycles. The first kappa shape index (κ1) is 19.9. The average molecular weight is 390 g/mol. The van der Waals surface area contributed by atoms with Crippen LogP contribution in [0.3, 0.4) is 0 Å². The van der Waals surface area contributed by atoms with Crippen molar-refractivity contribution in [3.63, 3.8) is 0 Å². The Balaban J connectivity index is 1.77. The minimum Gasteiger partial charge on any atom is -0.326 e. The van der Waals surface area contributed by atoms with Crippen LogP contribution >= 0.6 is 0 Å². The van der Waals surface area contributed by atoms with Gasteiger partial charge in [-0.15, -0.1) is 0 Å². The van der Waals surface area contributed by atoms with Crippen LogP contribution in [0.15, 0.2) is 36.4 Å². The fourth-order valence-corrected chi connectivity index (χ4v) is 3.45. The first-order valence-corrected chi connectivity index (χ1v) is 9.12. The third kappa shape index (κ3) is 4.91. The van der Waals surface area contributed by atoms with Gasteiger partial charge in [0, 0.05) is 12.6 Å². The SMILES string of the molecule is CC(=O)Nc1ccc(NC(=O)Cc2ccc3c(c2)CCCC3)c(C(F)(F)F)c1. The van der Waals surface area contributed by atoms with Crippen LogP contribution in [0.1, 0.15) is 42.0 Å². The quantitative estimate of drug-likeness (QED) is 0.793. The summed E-state index contributed by atoms with van der Waals surface area (Å²) in [6.07, 6.45) is -0.411. The summed E-state index contributed by atoms with van der Waals surface area (Å²) in [6.45, 7) is 1.21. The summed E-state index contributed by atoms with van der Waals surface area (Å²) in [5, 5.41) is 4.67. The molecule has 0 atom stereocenters. The fourth-order valence-electron chi connectivity index (χ4n) is 3.45. The summed E-state index contributed by atoms with van der Waals surface area (Å²) in [5.41, 5.74) is 1.96. The van der Waals surface area contributed by atoms with Gasteiger partial charge in [-0.3, -0.25) is 9.59 Å². The van der Waals surface area contributed by atoms with E-state index in [1.165, 1.54) is 24.1 Å². The van der Waals surface area contributed by atoms with E-state index in [9.17, 15) is 22.8 Å². The Bertz CT molecular complexity index is 907. The van der Waals surface area contributed by atoms with Gasteiger partial charge in [0.05, 0.1) is 17.7 Å². The monoisotopic (exact) mass is 390 g/mol.